The smallest absolute Gasteiger partial charge is 0.462 e. The Kier molecular flexibility index (Phi) is 39.2. The molecule has 0 aromatic rings. The zero-order chi connectivity index (χ0) is 41.9. The van der Waals surface area contributed by atoms with Crippen molar-refractivity contribution in [2.24, 2.45) is 0 Å². The highest BCUT2D eigenvalue weighted by molar-refractivity contribution is 7.47. The molecule has 0 heterocycles. The maximum absolute atomic E-state index is 12.6. The summed E-state index contributed by atoms with van der Waals surface area (Å²) in [5, 5.41) is 18.3. The second-order valence-electron chi connectivity index (χ2n) is 14.0. The number of carbonyl (C=O) groups is 2. The minimum absolute atomic E-state index is 0.123. The average Bonchev–Trinajstić information content (AvgIpc) is 3.20. The van der Waals surface area contributed by atoms with Crippen LogP contribution in [0.4, 0.5) is 0 Å². The molecule has 0 aliphatic heterocycles. The molecule has 0 aliphatic carbocycles. The molecule has 0 saturated heterocycles. The largest absolute Gasteiger partial charge is 0.472 e. The van der Waals surface area contributed by atoms with Crippen LogP contribution in [0.25, 0.3) is 0 Å². The van der Waals surface area contributed by atoms with E-state index in [-0.39, 0.29) is 19.4 Å². The van der Waals surface area contributed by atoms with E-state index in [1.165, 1.54) is 44.9 Å². The SMILES string of the molecule is CCCCC/C=C/C/C=C/C/C=C/C/C=C/CCCCCC(=O)OC[C@H](COP(=O)(O)OC[C@@H](O)CO)OC(=O)CCCC/C=C/C/C=C/C/C=C/CCCCC. The molecule has 3 atom stereocenters. The molecule has 1 unspecified atom stereocenters. The van der Waals surface area contributed by atoms with Gasteiger partial charge in [-0.15, -0.1) is 0 Å². The molecule has 0 radical (unpaired) electrons. The molecule has 11 heteroatoms. The molecule has 0 aliphatic rings. The number of hydrogen-bond acceptors (Lipinski definition) is 9. The number of allylic oxidation sites excluding steroid dienone is 14. The number of aliphatic hydroxyl groups excluding tert-OH is 2. The first kappa shape index (κ1) is 54.2. The molecule has 0 fully saturated rings. The summed E-state index contributed by atoms with van der Waals surface area (Å²) in [6, 6.07) is 0. The number of phosphoric acid groups is 1. The molecule has 0 aromatic carbocycles. The highest BCUT2D eigenvalue weighted by atomic mass is 31.2. The van der Waals surface area contributed by atoms with Crippen molar-refractivity contribution in [2.45, 2.75) is 167 Å². The minimum Gasteiger partial charge on any atom is -0.462 e. The first-order valence-electron chi connectivity index (χ1n) is 21.5. The third kappa shape index (κ3) is 41.1. The van der Waals surface area contributed by atoms with Gasteiger partial charge in [0.1, 0.15) is 12.7 Å². The first-order valence-corrected chi connectivity index (χ1v) is 23.0. The first-order chi connectivity index (χ1) is 27.7. The van der Waals surface area contributed by atoms with Gasteiger partial charge in [0.25, 0.3) is 0 Å². The van der Waals surface area contributed by atoms with E-state index in [0.29, 0.717) is 12.8 Å². The average molecular weight is 821 g/mol. The Hall–Kier alpha value is -2.85. The van der Waals surface area contributed by atoms with Crippen LogP contribution in [-0.4, -0.2) is 65.7 Å². The van der Waals surface area contributed by atoms with Gasteiger partial charge in [-0.2, -0.15) is 0 Å². The Bertz CT molecular complexity index is 1220. The van der Waals surface area contributed by atoms with Gasteiger partial charge in [-0.1, -0.05) is 131 Å². The molecule has 57 heavy (non-hydrogen) atoms. The maximum atomic E-state index is 12.6. The predicted octanol–water partition coefficient (Wildman–Crippen LogP) is 11.4. The molecule has 10 nitrogen and oxygen atoms in total. The molecule has 326 valence electrons. The van der Waals surface area contributed by atoms with Crippen molar-refractivity contribution in [1.82, 2.24) is 0 Å². The summed E-state index contributed by atoms with van der Waals surface area (Å²) >= 11 is 0. The van der Waals surface area contributed by atoms with Crippen LogP contribution in [0.15, 0.2) is 85.1 Å². The number of rotatable bonds is 39. The number of phosphoric ester groups is 1. The predicted molar refractivity (Wildman–Crippen MR) is 233 cm³/mol. The van der Waals surface area contributed by atoms with Crippen molar-refractivity contribution in [2.75, 3.05) is 26.4 Å². The van der Waals surface area contributed by atoms with E-state index in [0.717, 1.165) is 70.6 Å². The van der Waals surface area contributed by atoms with E-state index < -0.39 is 51.8 Å². The summed E-state index contributed by atoms with van der Waals surface area (Å²) in [4.78, 5) is 35.0. The zero-order valence-electron chi connectivity index (χ0n) is 35.3. The third-order valence-corrected chi connectivity index (χ3v) is 9.47. The minimum atomic E-state index is -4.64. The molecule has 0 aromatic heterocycles. The summed E-state index contributed by atoms with van der Waals surface area (Å²) in [5.41, 5.74) is 0. The van der Waals surface area contributed by atoms with Crippen molar-refractivity contribution in [1.29, 1.82) is 0 Å². The Balaban J connectivity index is 4.44. The number of carbonyl (C=O) groups excluding carboxylic acids is 2. The van der Waals surface area contributed by atoms with Crippen molar-refractivity contribution < 1.29 is 47.8 Å². The number of esters is 2. The fraction of sp³-hybridized carbons (Fsp3) is 0.652. The fourth-order valence-corrected chi connectivity index (χ4v) is 5.95. The lowest BCUT2D eigenvalue weighted by Gasteiger charge is -2.20. The van der Waals surface area contributed by atoms with Gasteiger partial charge in [0.15, 0.2) is 6.10 Å². The van der Waals surface area contributed by atoms with Crippen LogP contribution in [0.1, 0.15) is 155 Å². The topological polar surface area (TPSA) is 149 Å². The van der Waals surface area contributed by atoms with Gasteiger partial charge in [-0.3, -0.25) is 18.6 Å². The molecule has 0 rings (SSSR count). The Morgan fingerprint density at radius 1 is 0.526 bits per heavy atom. The second kappa shape index (κ2) is 41.3. The van der Waals surface area contributed by atoms with Crippen molar-refractivity contribution in [3.8, 4) is 0 Å². The van der Waals surface area contributed by atoms with Gasteiger partial charge >= 0.3 is 19.8 Å². The monoisotopic (exact) mass is 821 g/mol. The normalized spacial score (nSPS) is 14.7. The molecular formula is C46H77O10P. The molecular weight excluding hydrogens is 743 g/mol. The number of hydrogen-bond donors (Lipinski definition) is 3. The van der Waals surface area contributed by atoms with Gasteiger partial charge in [0, 0.05) is 12.8 Å². The number of ether oxygens (including phenoxy) is 2. The molecule has 3 N–H and O–H groups in total. The van der Waals surface area contributed by atoms with Crippen molar-refractivity contribution in [3.05, 3.63) is 85.1 Å². The highest BCUT2D eigenvalue weighted by Crippen LogP contribution is 2.43. The fourth-order valence-electron chi connectivity index (χ4n) is 5.16. The van der Waals surface area contributed by atoms with Gasteiger partial charge < -0.3 is 24.6 Å². The van der Waals surface area contributed by atoms with E-state index in [2.05, 4.69) is 103 Å². The van der Waals surface area contributed by atoms with Crippen LogP contribution in [0.3, 0.4) is 0 Å². The molecule has 0 spiro atoms. The van der Waals surface area contributed by atoms with Crippen LogP contribution in [0, 0.1) is 0 Å². The second-order valence-corrected chi connectivity index (χ2v) is 15.5. The van der Waals surface area contributed by atoms with Crippen molar-refractivity contribution in [3.63, 3.8) is 0 Å². The van der Waals surface area contributed by atoms with Crippen LogP contribution < -0.4 is 0 Å². The van der Waals surface area contributed by atoms with E-state index in [1.807, 2.05) is 0 Å². The van der Waals surface area contributed by atoms with Gasteiger partial charge in [-0.05, 0) is 96.3 Å². The maximum Gasteiger partial charge on any atom is 0.472 e. The lowest BCUT2D eigenvalue weighted by atomic mass is 10.1. The van der Waals surface area contributed by atoms with E-state index in [4.69, 9.17) is 19.1 Å². The third-order valence-electron chi connectivity index (χ3n) is 8.52. The standard InChI is InChI=1S/C46H77O10P/c1-3-5-7-9-11-13-15-17-19-20-21-22-24-25-27-29-31-33-35-37-45(49)53-41-44(42-55-57(51,52)54-40-43(48)39-47)56-46(50)38-36-34-32-30-28-26-23-18-16-14-12-10-8-6-4-2/h11-14,17-19,21-23,25,27-28,30,43-44,47-48H,3-10,15-16,20,24,26,29,31-42H2,1-2H3,(H,51,52)/b13-11+,14-12+,19-17+,22-21+,23-18+,27-25+,30-28+/t43-,44+/m0/s1. The van der Waals surface area contributed by atoms with Gasteiger partial charge in [-0.25, -0.2) is 4.57 Å². The Labute approximate surface area is 345 Å². The lowest BCUT2D eigenvalue weighted by molar-refractivity contribution is -0.161. The zero-order valence-corrected chi connectivity index (χ0v) is 36.2. The number of unbranched alkanes of at least 4 members (excludes halogenated alkanes) is 11. The van der Waals surface area contributed by atoms with Crippen LogP contribution >= 0.6 is 7.82 Å². The van der Waals surface area contributed by atoms with Crippen LogP contribution in [-0.2, 0) is 32.7 Å². The lowest BCUT2D eigenvalue weighted by Crippen LogP contribution is -2.29. The van der Waals surface area contributed by atoms with E-state index >= 15 is 0 Å². The van der Waals surface area contributed by atoms with E-state index in [1.54, 1.807) is 0 Å². The quantitative estimate of drug-likeness (QED) is 0.0237. The molecule has 0 amide bonds. The molecule has 0 saturated carbocycles. The van der Waals surface area contributed by atoms with Crippen LogP contribution in [0.5, 0.6) is 0 Å². The molecule has 0 bridgehead atoms. The summed E-state index contributed by atoms with van der Waals surface area (Å²) in [5.74, 6) is -1.01. The Morgan fingerprint density at radius 2 is 0.912 bits per heavy atom. The summed E-state index contributed by atoms with van der Waals surface area (Å²) in [6.07, 6.45) is 48.3. The van der Waals surface area contributed by atoms with Crippen LogP contribution in [0.2, 0.25) is 0 Å². The highest BCUT2D eigenvalue weighted by Gasteiger charge is 2.27. The number of aliphatic hydroxyl groups is 2. The summed E-state index contributed by atoms with van der Waals surface area (Å²) in [7, 11) is -4.64. The summed E-state index contributed by atoms with van der Waals surface area (Å²) < 4.78 is 32.6. The Morgan fingerprint density at radius 3 is 1.37 bits per heavy atom. The van der Waals surface area contributed by atoms with Gasteiger partial charge in [0.2, 0.25) is 0 Å². The van der Waals surface area contributed by atoms with Crippen molar-refractivity contribution >= 4 is 19.8 Å². The van der Waals surface area contributed by atoms with Gasteiger partial charge in [0.05, 0.1) is 19.8 Å². The summed E-state index contributed by atoms with van der Waals surface area (Å²) in [6.45, 7) is 2.22. The van der Waals surface area contributed by atoms with E-state index in [9.17, 15) is 24.2 Å².